The predicted molar refractivity (Wildman–Crippen MR) is 122 cm³/mol. The number of nitrogens with one attached hydrogen (secondary N) is 2. The first-order valence-electron chi connectivity index (χ1n) is 10.1. The lowest BCUT2D eigenvalue weighted by Crippen LogP contribution is -2.35. The molecule has 0 saturated carbocycles. The van der Waals surface area contributed by atoms with E-state index in [9.17, 15) is 9.59 Å². The van der Waals surface area contributed by atoms with Gasteiger partial charge in [-0.15, -0.1) is 12.4 Å². The molecule has 7 heteroatoms. The van der Waals surface area contributed by atoms with Crippen molar-refractivity contribution in [3.8, 4) is 5.75 Å². The normalized spacial score (nSPS) is 15.2. The molecule has 1 fully saturated rings. The average Bonchev–Trinajstić information content (AvgIpc) is 3.26. The zero-order chi connectivity index (χ0) is 20.6. The van der Waals surface area contributed by atoms with Crippen LogP contribution in [-0.4, -0.2) is 45.1 Å². The third-order valence-electron chi connectivity index (χ3n) is 5.33. The summed E-state index contributed by atoms with van der Waals surface area (Å²) in [6.45, 7) is 1.48. The third-order valence-corrected chi connectivity index (χ3v) is 5.33. The van der Waals surface area contributed by atoms with Crippen LogP contribution in [0.3, 0.4) is 0 Å². The number of hydrogen-bond donors (Lipinski definition) is 2. The van der Waals surface area contributed by atoms with E-state index in [0.717, 1.165) is 37.1 Å². The minimum atomic E-state index is -0.173. The Labute approximate surface area is 184 Å². The van der Waals surface area contributed by atoms with Gasteiger partial charge in [0.1, 0.15) is 5.75 Å². The monoisotopic (exact) mass is 431 g/mol. The standard InChI is InChI=1S/C23H29N3O3.ClH/c1-26(22(27)16-18-6-5-14-24-18)21-8-4-3-7-20(21)23(28)25-15-13-17-9-11-19(29-2)12-10-17;/h3-4,7-12,18,24H,5-6,13-16H2,1-2H3,(H,25,28);1H. The zero-order valence-electron chi connectivity index (χ0n) is 17.5. The van der Waals surface area contributed by atoms with Crippen molar-refractivity contribution in [1.29, 1.82) is 0 Å². The number of methoxy groups -OCH3 is 1. The molecule has 1 unspecified atom stereocenters. The minimum Gasteiger partial charge on any atom is -0.497 e. The van der Waals surface area contributed by atoms with Gasteiger partial charge in [0.2, 0.25) is 5.91 Å². The lowest BCUT2D eigenvalue weighted by atomic mass is 10.1. The summed E-state index contributed by atoms with van der Waals surface area (Å²) >= 11 is 0. The van der Waals surface area contributed by atoms with Crippen LogP contribution in [0.5, 0.6) is 5.75 Å². The van der Waals surface area contributed by atoms with E-state index in [1.165, 1.54) is 0 Å². The van der Waals surface area contributed by atoms with Crippen molar-refractivity contribution in [2.24, 2.45) is 0 Å². The molecular formula is C23H30ClN3O3. The number of hydrogen-bond acceptors (Lipinski definition) is 4. The highest BCUT2D eigenvalue weighted by molar-refractivity contribution is 6.04. The Hall–Kier alpha value is -2.57. The van der Waals surface area contributed by atoms with E-state index in [1.54, 1.807) is 25.1 Å². The number of rotatable bonds is 8. The van der Waals surface area contributed by atoms with Crippen molar-refractivity contribution < 1.29 is 14.3 Å². The first kappa shape index (κ1) is 23.7. The van der Waals surface area contributed by atoms with Gasteiger partial charge in [-0.1, -0.05) is 24.3 Å². The molecule has 1 atom stereocenters. The Bertz CT molecular complexity index is 836. The van der Waals surface area contributed by atoms with Gasteiger partial charge in [-0.25, -0.2) is 0 Å². The van der Waals surface area contributed by atoms with E-state index in [1.807, 2.05) is 42.5 Å². The van der Waals surface area contributed by atoms with Crippen LogP contribution < -0.4 is 20.3 Å². The number of carbonyl (C=O) groups is 2. The first-order chi connectivity index (χ1) is 14.1. The summed E-state index contributed by atoms with van der Waals surface area (Å²) < 4.78 is 5.16. The molecule has 1 aliphatic heterocycles. The second-order valence-corrected chi connectivity index (χ2v) is 7.32. The molecule has 1 aliphatic rings. The molecular weight excluding hydrogens is 402 g/mol. The fourth-order valence-corrected chi connectivity index (χ4v) is 3.58. The molecule has 2 amide bonds. The van der Waals surface area contributed by atoms with Crippen LogP contribution in [0, 0.1) is 0 Å². The summed E-state index contributed by atoms with van der Waals surface area (Å²) in [5, 5.41) is 6.31. The van der Waals surface area contributed by atoms with Crippen LogP contribution in [-0.2, 0) is 11.2 Å². The van der Waals surface area contributed by atoms with Crippen LogP contribution >= 0.6 is 12.4 Å². The minimum absolute atomic E-state index is 0. The van der Waals surface area contributed by atoms with Gasteiger partial charge < -0.3 is 20.3 Å². The van der Waals surface area contributed by atoms with Crippen LogP contribution in [0.2, 0.25) is 0 Å². The molecule has 2 aromatic rings. The first-order valence-corrected chi connectivity index (χ1v) is 10.1. The Morgan fingerprint density at radius 2 is 1.90 bits per heavy atom. The van der Waals surface area contributed by atoms with Crippen LogP contribution in [0.15, 0.2) is 48.5 Å². The van der Waals surface area contributed by atoms with Crippen molar-refractivity contribution in [3.63, 3.8) is 0 Å². The van der Waals surface area contributed by atoms with Crippen LogP contribution in [0.1, 0.15) is 35.2 Å². The fourth-order valence-electron chi connectivity index (χ4n) is 3.58. The average molecular weight is 432 g/mol. The Morgan fingerprint density at radius 3 is 2.57 bits per heavy atom. The van der Waals surface area contributed by atoms with Crippen molar-refractivity contribution in [3.05, 3.63) is 59.7 Å². The lowest BCUT2D eigenvalue weighted by molar-refractivity contribution is -0.118. The van der Waals surface area contributed by atoms with E-state index >= 15 is 0 Å². The molecule has 0 radical (unpaired) electrons. The molecule has 0 aliphatic carbocycles. The van der Waals surface area contributed by atoms with Crippen molar-refractivity contribution in [1.82, 2.24) is 10.6 Å². The molecule has 0 spiro atoms. The number of carbonyl (C=O) groups excluding carboxylic acids is 2. The van der Waals surface area contributed by atoms with Gasteiger partial charge >= 0.3 is 0 Å². The zero-order valence-corrected chi connectivity index (χ0v) is 18.3. The summed E-state index contributed by atoms with van der Waals surface area (Å²) in [4.78, 5) is 27.0. The number of amides is 2. The number of ether oxygens (including phenoxy) is 1. The second-order valence-electron chi connectivity index (χ2n) is 7.32. The van der Waals surface area contributed by atoms with E-state index in [2.05, 4.69) is 10.6 Å². The van der Waals surface area contributed by atoms with Crippen molar-refractivity contribution >= 4 is 29.9 Å². The van der Waals surface area contributed by atoms with E-state index in [-0.39, 0.29) is 30.3 Å². The second kappa shape index (κ2) is 11.6. The van der Waals surface area contributed by atoms with E-state index < -0.39 is 0 Å². The maximum Gasteiger partial charge on any atom is 0.253 e. The van der Waals surface area contributed by atoms with Gasteiger partial charge in [0.05, 0.1) is 18.4 Å². The predicted octanol–water partition coefficient (Wildman–Crippen LogP) is 3.19. The quantitative estimate of drug-likeness (QED) is 0.673. The highest BCUT2D eigenvalue weighted by Gasteiger charge is 2.23. The van der Waals surface area contributed by atoms with Gasteiger partial charge in [0, 0.05) is 26.1 Å². The lowest BCUT2D eigenvalue weighted by Gasteiger charge is -2.22. The summed E-state index contributed by atoms with van der Waals surface area (Å²) in [5.74, 6) is 0.655. The highest BCUT2D eigenvalue weighted by Crippen LogP contribution is 2.21. The molecule has 1 heterocycles. The summed E-state index contributed by atoms with van der Waals surface area (Å²) in [6.07, 6.45) is 3.30. The fraction of sp³-hybridized carbons (Fsp3) is 0.391. The molecule has 1 saturated heterocycles. The smallest absolute Gasteiger partial charge is 0.253 e. The number of benzene rings is 2. The maximum atomic E-state index is 12.7. The maximum absolute atomic E-state index is 12.7. The molecule has 2 N–H and O–H groups in total. The summed E-state index contributed by atoms with van der Waals surface area (Å²) in [6, 6.07) is 15.3. The van der Waals surface area contributed by atoms with Gasteiger partial charge in [-0.2, -0.15) is 0 Å². The van der Waals surface area contributed by atoms with Gasteiger partial charge in [-0.05, 0) is 55.6 Å². The number of halogens is 1. The molecule has 2 aromatic carbocycles. The van der Waals surface area contributed by atoms with Gasteiger partial charge in [0.25, 0.3) is 5.91 Å². The van der Waals surface area contributed by atoms with E-state index in [4.69, 9.17) is 4.74 Å². The Balaban J connectivity index is 0.00000320. The Morgan fingerprint density at radius 1 is 1.17 bits per heavy atom. The molecule has 3 rings (SSSR count). The molecule has 0 bridgehead atoms. The number of anilines is 1. The molecule has 6 nitrogen and oxygen atoms in total. The number of nitrogens with zero attached hydrogens (tertiary/aromatic N) is 1. The van der Waals surface area contributed by atoms with Crippen LogP contribution in [0.25, 0.3) is 0 Å². The third kappa shape index (κ3) is 6.21. The summed E-state index contributed by atoms with van der Waals surface area (Å²) in [7, 11) is 3.37. The number of para-hydroxylation sites is 1. The van der Waals surface area contributed by atoms with Crippen molar-refractivity contribution in [2.45, 2.75) is 31.7 Å². The molecule has 162 valence electrons. The topological polar surface area (TPSA) is 70.7 Å². The largest absolute Gasteiger partial charge is 0.497 e. The molecule has 30 heavy (non-hydrogen) atoms. The SMILES string of the molecule is COc1ccc(CCNC(=O)c2ccccc2N(C)C(=O)CC2CCCN2)cc1.Cl. The van der Waals surface area contributed by atoms with Gasteiger partial charge in [-0.3, -0.25) is 9.59 Å². The van der Waals surface area contributed by atoms with Crippen molar-refractivity contribution in [2.75, 3.05) is 32.1 Å². The van der Waals surface area contributed by atoms with Gasteiger partial charge in [0.15, 0.2) is 0 Å². The summed E-state index contributed by atoms with van der Waals surface area (Å²) in [5.41, 5.74) is 2.27. The van der Waals surface area contributed by atoms with Crippen LogP contribution in [0.4, 0.5) is 5.69 Å². The Kier molecular flexibility index (Phi) is 9.15. The molecule has 0 aromatic heterocycles. The highest BCUT2D eigenvalue weighted by atomic mass is 35.5. The van der Waals surface area contributed by atoms with E-state index in [0.29, 0.717) is 24.2 Å².